The Morgan fingerprint density at radius 3 is 2.33 bits per heavy atom. The standard InChI is InChI=1S/C16H14F2O3/c17-14(18)10-21-13-9-5-4-8-12(13)16(20)15(19)11-6-2-1-3-7-11/h1-9,14-15,19H,10H2. The van der Waals surface area contributed by atoms with E-state index in [-0.39, 0.29) is 11.3 Å². The lowest BCUT2D eigenvalue weighted by molar-refractivity contribution is 0.0709. The van der Waals surface area contributed by atoms with Crippen LogP contribution in [-0.4, -0.2) is 23.9 Å². The molecule has 0 aliphatic rings. The molecule has 21 heavy (non-hydrogen) atoms. The number of aliphatic hydroxyl groups is 1. The van der Waals surface area contributed by atoms with Gasteiger partial charge in [0.25, 0.3) is 6.43 Å². The van der Waals surface area contributed by atoms with E-state index in [0.717, 1.165) is 0 Å². The van der Waals surface area contributed by atoms with Crippen molar-refractivity contribution in [2.45, 2.75) is 12.5 Å². The number of hydrogen-bond donors (Lipinski definition) is 1. The van der Waals surface area contributed by atoms with E-state index >= 15 is 0 Å². The van der Waals surface area contributed by atoms with Gasteiger partial charge in [0.2, 0.25) is 0 Å². The van der Waals surface area contributed by atoms with Gasteiger partial charge in [0.15, 0.2) is 5.78 Å². The first kappa shape index (κ1) is 15.1. The van der Waals surface area contributed by atoms with E-state index in [9.17, 15) is 18.7 Å². The molecule has 2 aromatic carbocycles. The van der Waals surface area contributed by atoms with Crippen LogP contribution in [0.1, 0.15) is 22.0 Å². The maximum atomic E-state index is 12.3. The average molecular weight is 292 g/mol. The molecule has 0 saturated carbocycles. The van der Waals surface area contributed by atoms with Crippen LogP contribution in [-0.2, 0) is 0 Å². The van der Waals surface area contributed by atoms with Gasteiger partial charge in [0.1, 0.15) is 18.5 Å². The van der Waals surface area contributed by atoms with E-state index in [1.165, 1.54) is 12.1 Å². The van der Waals surface area contributed by atoms with Crippen LogP contribution < -0.4 is 4.74 Å². The Morgan fingerprint density at radius 1 is 1.05 bits per heavy atom. The van der Waals surface area contributed by atoms with Crippen LogP contribution in [0.3, 0.4) is 0 Å². The van der Waals surface area contributed by atoms with E-state index in [4.69, 9.17) is 4.74 Å². The number of carbonyl (C=O) groups excluding carboxylic acids is 1. The molecule has 2 rings (SSSR count). The second-order valence-electron chi connectivity index (χ2n) is 4.38. The van der Waals surface area contributed by atoms with Gasteiger partial charge in [-0.25, -0.2) is 8.78 Å². The lowest BCUT2D eigenvalue weighted by Crippen LogP contribution is -2.15. The predicted octanol–water partition coefficient (Wildman–Crippen LogP) is 3.25. The molecule has 3 nitrogen and oxygen atoms in total. The molecule has 0 aromatic heterocycles. The molecule has 5 heteroatoms. The second-order valence-corrected chi connectivity index (χ2v) is 4.38. The van der Waals surface area contributed by atoms with Gasteiger partial charge in [-0.15, -0.1) is 0 Å². The van der Waals surface area contributed by atoms with E-state index in [2.05, 4.69) is 0 Å². The first-order valence-electron chi connectivity index (χ1n) is 6.37. The summed E-state index contributed by atoms with van der Waals surface area (Å²) in [5.41, 5.74) is 0.515. The van der Waals surface area contributed by atoms with Crippen LogP contribution in [0.15, 0.2) is 54.6 Å². The smallest absolute Gasteiger partial charge is 0.272 e. The first-order valence-corrected chi connectivity index (χ1v) is 6.37. The van der Waals surface area contributed by atoms with E-state index in [1.807, 2.05) is 0 Å². The minimum atomic E-state index is -2.63. The SMILES string of the molecule is O=C(c1ccccc1OCC(F)F)C(O)c1ccccc1. The molecule has 0 heterocycles. The Balaban J connectivity index is 2.23. The number of para-hydroxylation sites is 1. The summed E-state index contributed by atoms with van der Waals surface area (Å²) in [7, 11) is 0. The number of carbonyl (C=O) groups is 1. The van der Waals surface area contributed by atoms with Crippen molar-refractivity contribution in [1.29, 1.82) is 0 Å². The van der Waals surface area contributed by atoms with Gasteiger partial charge in [-0.3, -0.25) is 4.79 Å². The molecule has 1 atom stereocenters. The minimum absolute atomic E-state index is 0.0396. The van der Waals surface area contributed by atoms with Crippen LogP contribution in [0.2, 0.25) is 0 Å². The van der Waals surface area contributed by atoms with Crippen molar-refractivity contribution in [1.82, 2.24) is 0 Å². The number of aliphatic hydroxyl groups excluding tert-OH is 1. The van der Waals surface area contributed by atoms with Crippen LogP contribution in [0.25, 0.3) is 0 Å². The van der Waals surface area contributed by atoms with Crippen molar-refractivity contribution < 1.29 is 23.4 Å². The van der Waals surface area contributed by atoms with Crippen molar-refractivity contribution >= 4 is 5.78 Å². The maximum Gasteiger partial charge on any atom is 0.272 e. The summed E-state index contributed by atoms with van der Waals surface area (Å²) in [4.78, 5) is 12.3. The number of ketones is 1. The molecule has 0 radical (unpaired) electrons. The monoisotopic (exact) mass is 292 g/mol. The number of alkyl halides is 2. The minimum Gasteiger partial charge on any atom is -0.487 e. The molecule has 0 bridgehead atoms. The highest BCUT2D eigenvalue weighted by Gasteiger charge is 2.22. The van der Waals surface area contributed by atoms with Crippen molar-refractivity contribution in [2.24, 2.45) is 0 Å². The van der Waals surface area contributed by atoms with Crippen LogP contribution >= 0.6 is 0 Å². The van der Waals surface area contributed by atoms with Crippen LogP contribution in [0.4, 0.5) is 8.78 Å². The van der Waals surface area contributed by atoms with Gasteiger partial charge in [-0.2, -0.15) is 0 Å². The molecular weight excluding hydrogens is 278 g/mol. The molecular formula is C16H14F2O3. The number of halogens is 2. The predicted molar refractivity (Wildman–Crippen MR) is 73.7 cm³/mol. The van der Waals surface area contributed by atoms with E-state index in [0.29, 0.717) is 5.56 Å². The summed E-state index contributed by atoms with van der Waals surface area (Å²) in [6.45, 7) is -0.800. The zero-order chi connectivity index (χ0) is 15.2. The van der Waals surface area contributed by atoms with Crippen molar-refractivity contribution in [2.75, 3.05) is 6.61 Å². The molecule has 0 fully saturated rings. The van der Waals surface area contributed by atoms with Crippen molar-refractivity contribution in [3.63, 3.8) is 0 Å². The highest BCUT2D eigenvalue weighted by atomic mass is 19.3. The highest BCUT2D eigenvalue weighted by Crippen LogP contribution is 2.25. The highest BCUT2D eigenvalue weighted by molar-refractivity contribution is 6.02. The largest absolute Gasteiger partial charge is 0.487 e. The summed E-state index contributed by atoms with van der Waals surface area (Å²) in [5.74, 6) is -0.552. The van der Waals surface area contributed by atoms with E-state index < -0.39 is 24.9 Å². The molecule has 2 aromatic rings. The van der Waals surface area contributed by atoms with Crippen molar-refractivity contribution in [3.8, 4) is 5.75 Å². The molecule has 110 valence electrons. The molecule has 0 aliphatic heterocycles. The van der Waals surface area contributed by atoms with Gasteiger partial charge in [-0.1, -0.05) is 42.5 Å². The lowest BCUT2D eigenvalue weighted by atomic mass is 9.99. The molecule has 0 aliphatic carbocycles. The third-order valence-electron chi connectivity index (χ3n) is 2.88. The molecule has 0 amide bonds. The van der Waals surface area contributed by atoms with Gasteiger partial charge >= 0.3 is 0 Å². The summed E-state index contributed by atoms with van der Waals surface area (Å²) in [6, 6.07) is 14.4. The molecule has 1 unspecified atom stereocenters. The van der Waals surface area contributed by atoms with E-state index in [1.54, 1.807) is 42.5 Å². The van der Waals surface area contributed by atoms with Crippen LogP contribution in [0.5, 0.6) is 5.75 Å². The maximum absolute atomic E-state index is 12.3. The summed E-state index contributed by atoms with van der Waals surface area (Å²) >= 11 is 0. The van der Waals surface area contributed by atoms with Crippen molar-refractivity contribution in [3.05, 3.63) is 65.7 Å². The van der Waals surface area contributed by atoms with Gasteiger partial charge < -0.3 is 9.84 Å². The fourth-order valence-corrected chi connectivity index (χ4v) is 1.88. The van der Waals surface area contributed by atoms with Gasteiger partial charge in [-0.05, 0) is 17.7 Å². The fraction of sp³-hybridized carbons (Fsp3) is 0.188. The molecule has 0 saturated heterocycles. The molecule has 0 spiro atoms. The summed E-state index contributed by atoms with van der Waals surface area (Å²) in [5, 5.41) is 10.1. The fourth-order valence-electron chi connectivity index (χ4n) is 1.88. The number of rotatable bonds is 6. The Labute approximate surface area is 120 Å². The summed E-state index contributed by atoms with van der Waals surface area (Å²) < 4.78 is 29.4. The number of ether oxygens (including phenoxy) is 1. The molecule has 1 N–H and O–H groups in total. The zero-order valence-electron chi connectivity index (χ0n) is 11.1. The van der Waals surface area contributed by atoms with Gasteiger partial charge in [0.05, 0.1) is 5.56 Å². The number of Topliss-reactive ketones (excluding diaryl/α,β-unsaturated/α-hetero) is 1. The second kappa shape index (κ2) is 6.95. The van der Waals surface area contributed by atoms with Gasteiger partial charge in [0, 0.05) is 0 Å². The van der Waals surface area contributed by atoms with Crippen LogP contribution in [0, 0.1) is 0 Å². The zero-order valence-corrected chi connectivity index (χ0v) is 11.1. The third-order valence-corrected chi connectivity index (χ3v) is 2.88. The third kappa shape index (κ3) is 3.86. The Morgan fingerprint density at radius 2 is 1.67 bits per heavy atom. The quantitative estimate of drug-likeness (QED) is 0.831. The number of benzene rings is 2. The first-order chi connectivity index (χ1) is 10.1. The lowest BCUT2D eigenvalue weighted by Gasteiger charge is -2.14. The Kier molecular flexibility index (Phi) is 5.00. The summed E-state index contributed by atoms with van der Waals surface area (Å²) in [6.07, 6.45) is -3.99. The normalized spacial score (nSPS) is 12.2. The average Bonchev–Trinajstić information content (AvgIpc) is 2.52. The topological polar surface area (TPSA) is 46.5 Å². The Hall–Kier alpha value is -2.27. The Bertz CT molecular complexity index is 599. The number of hydrogen-bond acceptors (Lipinski definition) is 3.